The van der Waals surface area contributed by atoms with Crippen LogP contribution in [0.5, 0.6) is 0 Å². The maximum absolute atomic E-state index is 12.8. The number of carbonyl (C=O) groups excluding carboxylic acids is 3. The van der Waals surface area contributed by atoms with Crippen molar-refractivity contribution in [1.29, 1.82) is 0 Å². The van der Waals surface area contributed by atoms with Gasteiger partial charge >= 0.3 is 17.9 Å². The molecule has 0 saturated heterocycles. The summed E-state index contributed by atoms with van der Waals surface area (Å²) in [6, 6.07) is 0. The van der Waals surface area contributed by atoms with E-state index >= 15 is 0 Å². The van der Waals surface area contributed by atoms with E-state index in [1.807, 2.05) is 12.2 Å². The molecule has 0 aromatic carbocycles. The van der Waals surface area contributed by atoms with Gasteiger partial charge in [-0.1, -0.05) is 204 Å². The first-order valence-corrected chi connectivity index (χ1v) is 26.6. The molecule has 0 radical (unpaired) electrons. The molecule has 0 aromatic rings. The Morgan fingerprint density at radius 3 is 0.957 bits per heavy atom. The summed E-state index contributed by atoms with van der Waals surface area (Å²) in [5.74, 6) is -1.15. The lowest BCUT2D eigenvalue weighted by Crippen LogP contribution is -2.30. The van der Waals surface area contributed by atoms with Gasteiger partial charge < -0.3 is 14.2 Å². The van der Waals surface area contributed by atoms with E-state index in [9.17, 15) is 14.4 Å². The van der Waals surface area contributed by atoms with Crippen LogP contribution < -0.4 is 0 Å². The average Bonchev–Trinajstić information content (AvgIpc) is 3.35. The second-order valence-electron chi connectivity index (χ2n) is 16.7. The summed E-state index contributed by atoms with van der Waals surface area (Å²) in [6.45, 7) is 6.20. The van der Waals surface area contributed by atoms with Crippen LogP contribution in [0.15, 0.2) is 170 Å². The van der Waals surface area contributed by atoms with E-state index in [0.29, 0.717) is 19.3 Å². The van der Waals surface area contributed by atoms with E-state index in [1.165, 1.54) is 25.7 Å². The SMILES string of the molecule is CC/C=C\C/C=C\C/C=C\C/C=C\C/C=C\C/C=C\CCC(=O)OC[C@H](COC(=O)CCCC/C=C\C/C=C\C/C=C\C/C=C\CC)OC(=O)CCC/C=C\C/C=C\C/C=C\C/C=C\CCCCC. The van der Waals surface area contributed by atoms with Crippen molar-refractivity contribution in [2.45, 2.75) is 194 Å². The molecule has 0 heterocycles. The number of carbonyl (C=O) groups is 3. The molecule has 0 saturated carbocycles. The number of unbranched alkanes of at least 4 members (excludes halogenated alkanes) is 6. The largest absolute Gasteiger partial charge is 0.462 e. The van der Waals surface area contributed by atoms with Crippen LogP contribution in [0.4, 0.5) is 0 Å². The van der Waals surface area contributed by atoms with Crippen LogP contribution in [-0.2, 0) is 28.6 Å². The van der Waals surface area contributed by atoms with Gasteiger partial charge in [0.05, 0.1) is 0 Å². The second-order valence-corrected chi connectivity index (χ2v) is 16.7. The summed E-state index contributed by atoms with van der Waals surface area (Å²) in [7, 11) is 0. The molecule has 0 spiro atoms. The van der Waals surface area contributed by atoms with Crippen molar-refractivity contribution in [3.8, 4) is 0 Å². The van der Waals surface area contributed by atoms with Crippen LogP contribution in [0.1, 0.15) is 188 Å². The van der Waals surface area contributed by atoms with Crippen LogP contribution in [0.3, 0.4) is 0 Å². The number of rotatable bonds is 45. The summed E-state index contributed by atoms with van der Waals surface area (Å²) in [4.78, 5) is 38.0. The van der Waals surface area contributed by atoms with Gasteiger partial charge in [0.1, 0.15) is 13.2 Å². The fourth-order valence-electron chi connectivity index (χ4n) is 6.27. The summed E-state index contributed by atoms with van der Waals surface area (Å²) in [6.07, 6.45) is 82.1. The number of esters is 3. The third-order valence-electron chi connectivity index (χ3n) is 10.2. The third-order valence-corrected chi connectivity index (χ3v) is 10.2. The number of ether oxygens (including phenoxy) is 3. The monoisotopic (exact) mass is 947 g/mol. The Bertz CT molecular complexity index is 1650. The molecule has 6 heteroatoms. The number of hydrogen-bond donors (Lipinski definition) is 0. The molecule has 1 atom stereocenters. The van der Waals surface area contributed by atoms with Crippen molar-refractivity contribution < 1.29 is 28.6 Å². The van der Waals surface area contributed by atoms with Gasteiger partial charge in [-0.2, -0.15) is 0 Å². The molecule has 0 aromatic heterocycles. The highest BCUT2D eigenvalue weighted by atomic mass is 16.6. The molecule has 0 N–H and O–H groups in total. The zero-order valence-corrected chi connectivity index (χ0v) is 43.5. The maximum Gasteiger partial charge on any atom is 0.306 e. The highest BCUT2D eigenvalue weighted by Crippen LogP contribution is 2.09. The Labute approximate surface area is 422 Å². The van der Waals surface area contributed by atoms with Crippen molar-refractivity contribution in [3.63, 3.8) is 0 Å². The minimum absolute atomic E-state index is 0.154. The average molecular weight is 947 g/mol. The zero-order valence-electron chi connectivity index (χ0n) is 43.5. The van der Waals surface area contributed by atoms with Gasteiger partial charge in [-0.15, -0.1) is 0 Å². The number of allylic oxidation sites excluding steroid dienone is 28. The first-order valence-electron chi connectivity index (χ1n) is 26.6. The van der Waals surface area contributed by atoms with Gasteiger partial charge in [-0.3, -0.25) is 14.4 Å². The van der Waals surface area contributed by atoms with Gasteiger partial charge in [-0.25, -0.2) is 0 Å². The lowest BCUT2D eigenvalue weighted by atomic mass is 10.2. The Morgan fingerprint density at radius 1 is 0.304 bits per heavy atom. The lowest BCUT2D eigenvalue weighted by Gasteiger charge is -2.18. The molecule has 0 bridgehead atoms. The molecule has 0 aliphatic carbocycles. The summed E-state index contributed by atoms with van der Waals surface area (Å²) >= 11 is 0. The molecule has 0 aliphatic heterocycles. The van der Waals surface area contributed by atoms with Crippen LogP contribution in [0.2, 0.25) is 0 Å². The molecule has 0 rings (SSSR count). The molecule has 0 fully saturated rings. The summed E-state index contributed by atoms with van der Waals surface area (Å²) in [5.41, 5.74) is 0. The standard InChI is InChI=1S/C63H94O6/c1-4-7-10-13-16-19-22-25-28-30-31-33-35-38-41-44-47-50-53-56-62(65)68-59-60(58-67-61(64)55-52-49-46-43-40-37-34-27-24-21-18-15-12-9-6-3)69-63(66)57-54-51-48-45-42-39-36-32-29-26-23-20-17-14-11-8-5-2/h7,9-10,12,16-21,25-29,31,33-34,36,38-41,43,45,47-48,50,60H,4-6,8,11,13-15,22-24,30,32,35,37,42,44,46,49,51-59H2,1-3H3/b10-7-,12-9-,19-16-,20-17-,21-18-,28-25-,29-26-,33-31-,34-27-,39-36-,41-38-,43-40-,48-45-,50-47-/t60-/m0/s1. The Kier molecular flexibility index (Phi) is 51.2. The van der Waals surface area contributed by atoms with E-state index in [-0.39, 0.29) is 38.4 Å². The molecule has 6 nitrogen and oxygen atoms in total. The smallest absolute Gasteiger partial charge is 0.306 e. The quantitative estimate of drug-likeness (QED) is 0.0262. The highest BCUT2D eigenvalue weighted by Gasteiger charge is 2.19. The van der Waals surface area contributed by atoms with Gasteiger partial charge in [0.15, 0.2) is 6.10 Å². The Hall–Kier alpha value is -5.23. The Balaban J connectivity index is 4.70. The molecule has 0 aliphatic rings. The van der Waals surface area contributed by atoms with Gasteiger partial charge in [0.25, 0.3) is 0 Å². The summed E-state index contributed by atoms with van der Waals surface area (Å²) < 4.78 is 16.7. The van der Waals surface area contributed by atoms with Crippen LogP contribution in [0, 0.1) is 0 Å². The van der Waals surface area contributed by atoms with E-state index in [0.717, 1.165) is 103 Å². The highest BCUT2D eigenvalue weighted by molar-refractivity contribution is 5.71. The van der Waals surface area contributed by atoms with Gasteiger partial charge in [0, 0.05) is 19.3 Å². The van der Waals surface area contributed by atoms with Crippen LogP contribution in [0.25, 0.3) is 0 Å². The fraction of sp³-hybridized carbons (Fsp3) is 0.508. The third kappa shape index (κ3) is 53.6. The van der Waals surface area contributed by atoms with Crippen molar-refractivity contribution in [2.24, 2.45) is 0 Å². The molecular formula is C63H94O6. The van der Waals surface area contributed by atoms with Crippen LogP contribution in [-0.4, -0.2) is 37.2 Å². The molecule has 0 amide bonds. The normalized spacial score (nSPS) is 13.5. The molecule has 382 valence electrons. The van der Waals surface area contributed by atoms with Crippen molar-refractivity contribution >= 4 is 17.9 Å². The van der Waals surface area contributed by atoms with Crippen LogP contribution >= 0.6 is 0 Å². The Morgan fingerprint density at radius 2 is 0.594 bits per heavy atom. The zero-order chi connectivity index (χ0) is 50.0. The predicted molar refractivity (Wildman–Crippen MR) is 297 cm³/mol. The first kappa shape index (κ1) is 63.8. The molecule has 69 heavy (non-hydrogen) atoms. The minimum atomic E-state index is -0.864. The van der Waals surface area contributed by atoms with Crippen molar-refractivity contribution in [1.82, 2.24) is 0 Å². The molecule has 0 unspecified atom stereocenters. The second kappa shape index (κ2) is 55.4. The topological polar surface area (TPSA) is 78.9 Å². The summed E-state index contributed by atoms with van der Waals surface area (Å²) in [5, 5.41) is 0. The van der Waals surface area contributed by atoms with Gasteiger partial charge in [0.2, 0.25) is 0 Å². The minimum Gasteiger partial charge on any atom is -0.462 e. The van der Waals surface area contributed by atoms with Crippen molar-refractivity contribution in [3.05, 3.63) is 170 Å². The molecular weight excluding hydrogens is 853 g/mol. The predicted octanol–water partition coefficient (Wildman–Crippen LogP) is 18.0. The van der Waals surface area contributed by atoms with E-state index in [2.05, 4.69) is 179 Å². The van der Waals surface area contributed by atoms with E-state index in [4.69, 9.17) is 14.2 Å². The van der Waals surface area contributed by atoms with Gasteiger partial charge in [-0.05, 0) is 135 Å². The first-order chi connectivity index (χ1) is 34.0. The van der Waals surface area contributed by atoms with E-state index in [1.54, 1.807) is 0 Å². The van der Waals surface area contributed by atoms with Crippen molar-refractivity contribution in [2.75, 3.05) is 13.2 Å². The van der Waals surface area contributed by atoms with E-state index < -0.39 is 18.0 Å². The fourth-order valence-corrected chi connectivity index (χ4v) is 6.27. The maximum atomic E-state index is 12.8. The lowest BCUT2D eigenvalue weighted by molar-refractivity contribution is -0.166. The number of hydrogen-bond acceptors (Lipinski definition) is 6.